The molecule has 0 bridgehead atoms. The van der Waals surface area contributed by atoms with Crippen molar-refractivity contribution in [2.75, 3.05) is 0 Å². The van der Waals surface area contributed by atoms with Gasteiger partial charge in [0, 0.05) is 4.88 Å². The van der Waals surface area contributed by atoms with Crippen LogP contribution in [-0.2, 0) is 0 Å². The van der Waals surface area contributed by atoms with Crippen molar-refractivity contribution in [3.05, 3.63) is 52.2 Å². The van der Waals surface area contributed by atoms with E-state index in [1.165, 1.54) is 12.1 Å². The number of thiophene rings is 1. The Morgan fingerprint density at radius 1 is 1.12 bits per heavy atom. The predicted octanol–water partition coefficient (Wildman–Crippen LogP) is 3.40. The summed E-state index contributed by atoms with van der Waals surface area (Å²) >= 11 is 1.56. The van der Waals surface area contributed by atoms with Crippen molar-refractivity contribution in [1.29, 1.82) is 0 Å². The zero-order valence-electron chi connectivity index (χ0n) is 8.85. The smallest absolute Gasteiger partial charge is 0.387 e. The summed E-state index contributed by atoms with van der Waals surface area (Å²) in [5, 5.41) is 1.95. The molecule has 0 aliphatic carbocycles. The highest BCUT2D eigenvalue weighted by atomic mass is 32.1. The van der Waals surface area contributed by atoms with Crippen molar-refractivity contribution in [1.82, 2.24) is 0 Å². The van der Waals surface area contributed by atoms with Gasteiger partial charge in [-0.2, -0.15) is 8.78 Å². The molecule has 0 saturated heterocycles. The molecule has 2 nitrogen and oxygen atoms in total. The Balaban J connectivity index is 2.12. The summed E-state index contributed by atoms with van der Waals surface area (Å²) in [6, 6.07) is 10.0. The first-order chi connectivity index (χ1) is 8.16. The van der Waals surface area contributed by atoms with Crippen molar-refractivity contribution in [2.24, 2.45) is 5.73 Å². The maximum atomic E-state index is 12.0. The van der Waals surface area contributed by atoms with Gasteiger partial charge in [0.25, 0.3) is 0 Å². The van der Waals surface area contributed by atoms with Crippen LogP contribution in [0, 0.1) is 0 Å². The van der Waals surface area contributed by atoms with Crippen LogP contribution < -0.4 is 10.5 Å². The number of ether oxygens (including phenoxy) is 1. The second kappa shape index (κ2) is 5.25. The molecule has 2 rings (SSSR count). The SMILES string of the molecule is NC(c1ccc(OC(F)F)cc1)c1cccs1. The van der Waals surface area contributed by atoms with E-state index in [2.05, 4.69) is 4.74 Å². The van der Waals surface area contributed by atoms with Crippen LogP contribution in [-0.4, -0.2) is 6.61 Å². The van der Waals surface area contributed by atoms with Crippen LogP contribution in [0.1, 0.15) is 16.5 Å². The van der Waals surface area contributed by atoms with E-state index < -0.39 is 6.61 Å². The van der Waals surface area contributed by atoms with E-state index in [4.69, 9.17) is 5.73 Å². The molecule has 0 aliphatic rings. The Morgan fingerprint density at radius 3 is 2.35 bits per heavy atom. The van der Waals surface area contributed by atoms with Crippen LogP contribution in [0.25, 0.3) is 0 Å². The number of rotatable bonds is 4. The molecule has 1 heterocycles. The second-order valence-corrected chi connectivity index (χ2v) is 4.42. The molecule has 1 aromatic carbocycles. The van der Waals surface area contributed by atoms with Crippen molar-refractivity contribution in [3.8, 4) is 5.75 Å². The summed E-state index contributed by atoms with van der Waals surface area (Å²) in [5.41, 5.74) is 6.90. The zero-order valence-corrected chi connectivity index (χ0v) is 9.66. The van der Waals surface area contributed by atoms with E-state index >= 15 is 0 Å². The van der Waals surface area contributed by atoms with Crippen molar-refractivity contribution < 1.29 is 13.5 Å². The monoisotopic (exact) mass is 255 g/mol. The molecular weight excluding hydrogens is 244 g/mol. The second-order valence-electron chi connectivity index (χ2n) is 3.44. The molecule has 1 atom stereocenters. The molecule has 17 heavy (non-hydrogen) atoms. The predicted molar refractivity (Wildman–Crippen MR) is 63.4 cm³/mol. The van der Waals surface area contributed by atoms with E-state index in [-0.39, 0.29) is 11.8 Å². The van der Waals surface area contributed by atoms with Gasteiger partial charge < -0.3 is 10.5 Å². The summed E-state index contributed by atoms with van der Waals surface area (Å²) in [6.07, 6.45) is 0. The van der Waals surface area contributed by atoms with Gasteiger partial charge in [-0.15, -0.1) is 11.3 Å². The first kappa shape index (κ1) is 12.0. The summed E-state index contributed by atoms with van der Waals surface area (Å²) < 4.78 is 28.2. The lowest BCUT2D eigenvalue weighted by Crippen LogP contribution is -2.10. The Labute approximate surface area is 102 Å². The van der Waals surface area contributed by atoms with Gasteiger partial charge in [0.1, 0.15) is 5.75 Å². The highest BCUT2D eigenvalue weighted by Crippen LogP contribution is 2.25. The zero-order chi connectivity index (χ0) is 12.3. The summed E-state index contributed by atoms with van der Waals surface area (Å²) in [4.78, 5) is 1.03. The molecule has 0 fully saturated rings. The maximum absolute atomic E-state index is 12.0. The van der Waals surface area contributed by atoms with Gasteiger partial charge in [-0.25, -0.2) is 0 Å². The van der Waals surface area contributed by atoms with Gasteiger partial charge in [-0.1, -0.05) is 18.2 Å². The molecule has 0 saturated carbocycles. The van der Waals surface area contributed by atoms with Gasteiger partial charge in [0.15, 0.2) is 0 Å². The van der Waals surface area contributed by atoms with Crippen LogP contribution in [0.3, 0.4) is 0 Å². The lowest BCUT2D eigenvalue weighted by Gasteiger charge is -2.11. The van der Waals surface area contributed by atoms with E-state index in [9.17, 15) is 8.78 Å². The Hall–Kier alpha value is -1.46. The summed E-state index contributed by atoms with van der Waals surface area (Å²) in [5.74, 6) is 0.141. The number of hydrogen-bond donors (Lipinski definition) is 1. The Kier molecular flexibility index (Phi) is 3.71. The van der Waals surface area contributed by atoms with Crippen LogP contribution in [0.2, 0.25) is 0 Å². The number of benzene rings is 1. The molecule has 90 valence electrons. The normalized spacial score (nSPS) is 12.7. The van der Waals surface area contributed by atoms with Crippen molar-refractivity contribution >= 4 is 11.3 Å². The van der Waals surface area contributed by atoms with E-state index in [0.29, 0.717) is 0 Å². The fraction of sp³-hybridized carbons (Fsp3) is 0.167. The highest BCUT2D eigenvalue weighted by Gasteiger charge is 2.10. The van der Waals surface area contributed by atoms with Gasteiger partial charge in [-0.3, -0.25) is 0 Å². The average Bonchev–Trinajstić information content (AvgIpc) is 2.82. The molecule has 2 N–H and O–H groups in total. The Morgan fingerprint density at radius 2 is 1.82 bits per heavy atom. The third-order valence-corrected chi connectivity index (χ3v) is 3.27. The van der Waals surface area contributed by atoms with Gasteiger partial charge >= 0.3 is 6.61 Å². The van der Waals surface area contributed by atoms with Crippen LogP contribution in [0.15, 0.2) is 41.8 Å². The van der Waals surface area contributed by atoms with Gasteiger partial charge in [-0.05, 0) is 29.1 Å². The lowest BCUT2D eigenvalue weighted by molar-refractivity contribution is -0.0498. The van der Waals surface area contributed by atoms with E-state index in [0.717, 1.165) is 10.4 Å². The fourth-order valence-corrected chi connectivity index (χ4v) is 2.24. The maximum Gasteiger partial charge on any atom is 0.387 e. The standard InChI is InChI=1S/C12H11F2NOS/c13-12(14)16-9-5-3-8(4-6-9)11(15)10-2-1-7-17-10/h1-7,11-12H,15H2. The van der Waals surface area contributed by atoms with Crippen LogP contribution in [0.5, 0.6) is 5.75 Å². The number of halogens is 2. The molecule has 2 aromatic rings. The minimum absolute atomic E-state index is 0.141. The largest absolute Gasteiger partial charge is 0.435 e. The molecule has 0 radical (unpaired) electrons. The van der Waals surface area contributed by atoms with E-state index in [1.807, 2.05) is 17.5 Å². The quantitative estimate of drug-likeness (QED) is 0.908. The third kappa shape index (κ3) is 3.01. The fourth-order valence-electron chi connectivity index (χ4n) is 1.49. The highest BCUT2D eigenvalue weighted by molar-refractivity contribution is 7.10. The number of alkyl halides is 2. The van der Waals surface area contributed by atoms with Crippen molar-refractivity contribution in [2.45, 2.75) is 12.7 Å². The molecular formula is C12H11F2NOS. The molecule has 0 spiro atoms. The number of hydrogen-bond acceptors (Lipinski definition) is 3. The van der Waals surface area contributed by atoms with Crippen LogP contribution in [0.4, 0.5) is 8.78 Å². The third-order valence-electron chi connectivity index (χ3n) is 2.31. The Bertz CT molecular complexity index is 456. The van der Waals surface area contributed by atoms with E-state index in [1.54, 1.807) is 23.5 Å². The van der Waals surface area contributed by atoms with Crippen LogP contribution >= 0.6 is 11.3 Å². The molecule has 0 aliphatic heterocycles. The summed E-state index contributed by atoms with van der Waals surface area (Å²) in [6.45, 7) is -2.80. The summed E-state index contributed by atoms with van der Waals surface area (Å²) in [7, 11) is 0. The first-order valence-electron chi connectivity index (χ1n) is 5.00. The lowest BCUT2D eigenvalue weighted by atomic mass is 10.1. The minimum Gasteiger partial charge on any atom is -0.435 e. The van der Waals surface area contributed by atoms with Gasteiger partial charge in [0.05, 0.1) is 6.04 Å². The average molecular weight is 255 g/mol. The van der Waals surface area contributed by atoms with Gasteiger partial charge in [0.2, 0.25) is 0 Å². The minimum atomic E-state index is -2.80. The molecule has 1 aromatic heterocycles. The first-order valence-corrected chi connectivity index (χ1v) is 5.88. The van der Waals surface area contributed by atoms with Crippen molar-refractivity contribution in [3.63, 3.8) is 0 Å². The topological polar surface area (TPSA) is 35.2 Å². The molecule has 5 heteroatoms. The number of nitrogens with two attached hydrogens (primary N) is 1. The molecule has 1 unspecified atom stereocenters. The molecule has 0 amide bonds.